The monoisotopic (exact) mass is 370 g/mol. The summed E-state index contributed by atoms with van der Waals surface area (Å²) in [5.41, 5.74) is 5.87. The molecule has 0 radical (unpaired) electrons. The molecule has 23 heavy (non-hydrogen) atoms. The van der Waals surface area contributed by atoms with Crippen molar-refractivity contribution in [2.45, 2.75) is 31.3 Å². The smallest absolute Gasteiger partial charge is 0.0546 e. The summed E-state index contributed by atoms with van der Waals surface area (Å²) < 4.78 is 1.17. The highest BCUT2D eigenvalue weighted by atomic mass is 79.9. The van der Waals surface area contributed by atoms with Crippen LogP contribution in [0.3, 0.4) is 0 Å². The Balaban J connectivity index is 1.84. The molecule has 2 nitrogen and oxygen atoms in total. The Labute approximate surface area is 147 Å². The Kier molecular flexibility index (Phi) is 3.94. The number of hydrogen-bond acceptors (Lipinski definition) is 2. The highest BCUT2D eigenvalue weighted by Crippen LogP contribution is 2.43. The highest BCUT2D eigenvalue weighted by molar-refractivity contribution is 9.10. The van der Waals surface area contributed by atoms with E-state index in [9.17, 15) is 0 Å². The molecule has 0 saturated carbocycles. The molecular weight excluding hydrogens is 348 g/mol. The van der Waals surface area contributed by atoms with E-state index in [2.05, 4.69) is 82.3 Å². The maximum absolute atomic E-state index is 3.65. The van der Waals surface area contributed by atoms with E-state index < -0.39 is 0 Å². The minimum absolute atomic E-state index is 0.518. The Hall–Kier alpha value is -1.32. The molecular formula is C20H23BrN2. The molecule has 0 spiro atoms. The first-order valence-electron chi connectivity index (χ1n) is 8.43. The molecule has 0 bridgehead atoms. The molecule has 3 heteroatoms. The molecule has 0 N–H and O–H groups in total. The zero-order chi connectivity index (χ0) is 16.0. The largest absolute Gasteiger partial charge is 0.363 e. The normalized spacial score (nSPS) is 23.0. The van der Waals surface area contributed by atoms with Crippen molar-refractivity contribution in [2.75, 3.05) is 25.5 Å². The van der Waals surface area contributed by atoms with Gasteiger partial charge in [-0.15, -0.1) is 0 Å². The van der Waals surface area contributed by atoms with Crippen LogP contribution in [0, 0.1) is 0 Å². The third-order valence-corrected chi connectivity index (χ3v) is 5.93. The van der Waals surface area contributed by atoms with Crippen LogP contribution in [0.1, 0.15) is 35.6 Å². The fourth-order valence-electron chi connectivity index (χ4n) is 4.16. The van der Waals surface area contributed by atoms with Crippen molar-refractivity contribution in [3.63, 3.8) is 0 Å². The van der Waals surface area contributed by atoms with Gasteiger partial charge in [-0.05, 0) is 68.2 Å². The third-order valence-electron chi connectivity index (χ3n) is 5.43. The highest BCUT2D eigenvalue weighted by Gasteiger charge is 2.34. The first kappa shape index (κ1) is 15.2. The molecule has 1 saturated heterocycles. The molecule has 2 atom stereocenters. The first-order valence-corrected chi connectivity index (χ1v) is 9.22. The minimum atomic E-state index is 0.518. The second kappa shape index (κ2) is 5.95. The molecule has 2 aliphatic rings. The standard InChI is InChI=1S/C20H23BrN2/c1-22(2)17-8-10-20-18-6-4-3-5-14(18)11-15-12-16(21)7-9-19(15)23(20)13-17/h3-7,9,12,17,20H,8,10-11,13H2,1-2H3. The van der Waals surface area contributed by atoms with Gasteiger partial charge < -0.3 is 9.80 Å². The van der Waals surface area contributed by atoms with Crippen LogP contribution in [-0.2, 0) is 6.42 Å². The summed E-state index contributed by atoms with van der Waals surface area (Å²) in [5, 5.41) is 0. The maximum Gasteiger partial charge on any atom is 0.0546 e. The Morgan fingerprint density at radius 3 is 2.70 bits per heavy atom. The summed E-state index contributed by atoms with van der Waals surface area (Å²) in [6.07, 6.45) is 3.54. The van der Waals surface area contributed by atoms with Crippen molar-refractivity contribution >= 4 is 21.6 Å². The predicted octanol–water partition coefficient (Wildman–Crippen LogP) is 4.63. The van der Waals surface area contributed by atoms with Gasteiger partial charge in [0.1, 0.15) is 0 Å². The third kappa shape index (κ3) is 2.70. The predicted molar refractivity (Wildman–Crippen MR) is 100 cm³/mol. The topological polar surface area (TPSA) is 6.48 Å². The van der Waals surface area contributed by atoms with Gasteiger partial charge in [0.2, 0.25) is 0 Å². The van der Waals surface area contributed by atoms with Crippen LogP contribution in [0.5, 0.6) is 0 Å². The summed E-state index contributed by atoms with van der Waals surface area (Å²) in [6.45, 7) is 1.11. The number of rotatable bonds is 1. The Morgan fingerprint density at radius 1 is 1.04 bits per heavy atom. The fraction of sp³-hybridized carbons (Fsp3) is 0.400. The van der Waals surface area contributed by atoms with Crippen LogP contribution in [0.25, 0.3) is 0 Å². The van der Waals surface area contributed by atoms with Gasteiger partial charge in [0.15, 0.2) is 0 Å². The lowest BCUT2D eigenvalue weighted by atomic mass is 9.90. The Bertz CT molecular complexity index is 725. The molecule has 120 valence electrons. The number of likely N-dealkylation sites (N-methyl/N-ethyl adjacent to an activating group) is 1. The first-order chi connectivity index (χ1) is 11.1. The molecule has 1 fully saturated rings. The number of fused-ring (bicyclic) bond motifs is 5. The van der Waals surface area contributed by atoms with E-state index in [1.807, 2.05) is 0 Å². The molecule has 2 aromatic rings. The van der Waals surface area contributed by atoms with Crippen LogP contribution >= 0.6 is 15.9 Å². The van der Waals surface area contributed by atoms with E-state index in [1.54, 1.807) is 0 Å². The van der Waals surface area contributed by atoms with Crippen molar-refractivity contribution in [1.82, 2.24) is 4.90 Å². The average Bonchev–Trinajstić information content (AvgIpc) is 2.68. The van der Waals surface area contributed by atoms with Crippen LogP contribution in [0.4, 0.5) is 5.69 Å². The summed E-state index contributed by atoms with van der Waals surface area (Å²) in [5.74, 6) is 0. The van der Waals surface area contributed by atoms with Crippen LogP contribution < -0.4 is 4.90 Å². The number of nitrogens with zero attached hydrogens (tertiary/aromatic N) is 2. The van der Waals surface area contributed by atoms with Crippen molar-refractivity contribution < 1.29 is 0 Å². The minimum Gasteiger partial charge on any atom is -0.363 e. The fourth-order valence-corrected chi connectivity index (χ4v) is 4.57. The zero-order valence-electron chi connectivity index (χ0n) is 13.8. The summed E-state index contributed by atoms with van der Waals surface area (Å²) in [7, 11) is 4.42. The van der Waals surface area contributed by atoms with Crippen LogP contribution in [0.2, 0.25) is 0 Å². The van der Waals surface area contributed by atoms with E-state index in [0.29, 0.717) is 12.1 Å². The lowest BCUT2D eigenvalue weighted by molar-refractivity contribution is 0.239. The van der Waals surface area contributed by atoms with Gasteiger partial charge in [-0.25, -0.2) is 0 Å². The number of hydrogen-bond donors (Lipinski definition) is 0. The average molecular weight is 371 g/mol. The van der Waals surface area contributed by atoms with E-state index in [1.165, 1.54) is 39.7 Å². The Morgan fingerprint density at radius 2 is 1.87 bits per heavy atom. The van der Waals surface area contributed by atoms with E-state index >= 15 is 0 Å². The molecule has 0 aliphatic carbocycles. The van der Waals surface area contributed by atoms with Gasteiger partial charge >= 0.3 is 0 Å². The summed E-state index contributed by atoms with van der Waals surface area (Å²) >= 11 is 3.65. The lowest BCUT2D eigenvalue weighted by Gasteiger charge is -2.43. The van der Waals surface area contributed by atoms with Gasteiger partial charge in [-0.2, -0.15) is 0 Å². The SMILES string of the molecule is CN(C)C1CCC2c3ccccc3Cc3cc(Br)ccc3N2C1. The van der Waals surface area contributed by atoms with E-state index in [-0.39, 0.29) is 0 Å². The molecule has 2 aliphatic heterocycles. The molecule has 0 amide bonds. The van der Waals surface area contributed by atoms with Crippen molar-refractivity contribution in [3.8, 4) is 0 Å². The lowest BCUT2D eigenvalue weighted by Crippen LogP contribution is -2.46. The quantitative estimate of drug-likeness (QED) is 0.722. The van der Waals surface area contributed by atoms with Crippen LogP contribution in [-0.4, -0.2) is 31.6 Å². The van der Waals surface area contributed by atoms with E-state index in [0.717, 1.165) is 13.0 Å². The second-order valence-electron chi connectivity index (χ2n) is 7.01. The van der Waals surface area contributed by atoms with Gasteiger partial charge in [-0.3, -0.25) is 0 Å². The van der Waals surface area contributed by atoms with Gasteiger partial charge in [0.05, 0.1) is 6.04 Å². The second-order valence-corrected chi connectivity index (χ2v) is 7.93. The van der Waals surface area contributed by atoms with Crippen LogP contribution in [0.15, 0.2) is 46.9 Å². The van der Waals surface area contributed by atoms with Crippen molar-refractivity contribution in [3.05, 3.63) is 63.6 Å². The number of anilines is 1. The molecule has 0 aromatic heterocycles. The number of piperidine rings is 1. The molecule has 2 heterocycles. The van der Waals surface area contributed by atoms with Gasteiger partial charge in [-0.1, -0.05) is 40.2 Å². The maximum atomic E-state index is 3.65. The zero-order valence-corrected chi connectivity index (χ0v) is 15.4. The van der Waals surface area contributed by atoms with E-state index in [4.69, 9.17) is 0 Å². The molecule has 4 rings (SSSR count). The summed E-state index contributed by atoms with van der Waals surface area (Å²) in [6, 6.07) is 17.0. The summed E-state index contributed by atoms with van der Waals surface area (Å²) in [4.78, 5) is 5.04. The van der Waals surface area contributed by atoms with Gasteiger partial charge in [0.25, 0.3) is 0 Å². The molecule has 2 aromatic carbocycles. The van der Waals surface area contributed by atoms with Gasteiger partial charge in [0, 0.05) is 22.7 Å². The van der Waals surface area contributed by atoms with Crippen molar-refractivity contribution in [2.24, 2.45) is 0 Å². The molecule has 2 unspecified atom stereocenters. The number of halogens is 1. The van der Waals surface area contributed by atoms with Crippen molar-refractivity contribution in [1.29, 1.82) is 0 Å². The number of benzene rings is 2.